The van der Waals surface area contributed by atoms with E-state index in [1.807, 2.05) is 51.8 Å². The quantitative estimate of drug-likeness (QED) is 0.352. The van der Waals surface area contributed by atoms with Gasteiger partial charge in [-0.2, -0.15) is 0 Å². The number of nitrogens with zero attached hydrogens (tertiary/aromatic N) is 2. The SMILES string of the molecule is CCNC(=O)C(C)(C)CN=C(NCC)N(C)Cc1ccc(Cl)s1.I. The monoisotopic (exact) mass is 486 g/mol. The third kappa shape index (κ3) is 7.57. The van der Waals surface area contributed by atoms with Crippen molar-refractivity contribution in [3.63, 3.8) is 0 Å². The van der Waals surface area contributed by atoms with Gasteiger partial charge in [0, 0.05) is 25.0 Å². The maximum Gasteiger partial charge on any atom is 0.227 e. The van der Waals surface area contributed by atoms with Crippen LogP contribution < -0.4 is 10.6 Å². The molecule has 1 rings (SSSR count). The van der Waals surface area contributed by atoms with E-state index in [4.69, 9.17) is 11.6 Å². The topological polar surface area (TPSA) is 56.7 Å². The lowest BCUT2D eigenvalue weighted by Crippen LogP contribution is -2.42. The number of halogens is 2. The van der Waals surface area contributed by atoms with Gasteiger partial charge in [0.25, 0.3) is 0 Å². The van der Waals surface area contributed by atoms with E-state index >= 15 is 0 Å². The lowest BCUT2D eigenvalue weighted by atomic mass is 9.92. The third-order valence-electron chi connectivity index (χ3n) is 3.29. The van der Waals surface area contributed by atoms with E-state index in [1.54, 1.807) is 11.3 Å². The van der Waals surface area contributed by atoms with Crippen LogP contribution in [0, 0.1) is 5.41 Å². The van der Waals surface area contributed by atoms with E-state index in [2.05, 4.69) is 15.6 Å². The van der Waals surface area contributed by atoms with Crippen LogP contribution in [0.2, 0.25) is 4.34 Å². The van der Waals surface area contributed by atoms with Crippen molar-refractivity contribution in [3.05, 3.63) is 21.3 Å². The number of amides is 1. The summed E-state index contributed by atoms with van der Waals surface area (Å²) < 4.78 is 0.785. The minimum Gasteiger partial charge on any atom is -0.357 e. The molecule has 2 N–H and O–H groups in total. The molecule has 5 nitrogen and oxygen atoms in total. The second-order valence-corrected chi connectivity index (χ2v) is 7.78. The fourth-order valence-electron chi connectivity index (χ4n) is 1.96. The minimum absolute atomic E-state index is 0. The molecule has 1 heterocycles. The second kappa shape index (κ2) is 11.1. The third-order valence-corrected chi connectivity index (χ3v) is 4.51. The Bertz CT molecular complexity index is 548. The molecule has 0 saturated carbocycles. The highest BCUT2D eigenvalue weighted by Gasteiger charge is 2.27. The van der Waals surface area contributed by atoms with Crippen molar-refractivity contribution >= 4 is 58.8 Å². The van der Waals surface area contributed by atoms with Gasteiger partial charge < -0.3 is 15.5 Å². The van der Waals surface area contributed by atoms with Crippen LogP contribution in [0.4, 0.5) is 0 Å². The molecule has 0 aliphatic heterocycles. The van der Waals surface area contributed by atoms with E-state index in [0.29, 0.717) is 13.1 Å². The van der Waals surface area contributed by atoms with Crippen LogP contribution in [0.1, 0.15) is 32.6 Å². The lowest BCUT2D eigenvalue weighted by Gasteiger charge is -2.25. The standard InChI is InChI=1S/C16H27ClN4OS.HI/c1-6-18-14(22)16(3,4)11-20-15(19-7-2)21(5)10-12-8-9-13(17)23-12;/h8-9H,6-7,10-11H2,1-5H3,(H,18,22)(H,19,20);1H. The summed E-state index contributed by atoms with van der Waals surface area (Å²) in [7, 11) is 1.98. The van der Waals surface area contributed by atoms with Crippen molar-refractivity contribution < 1.29 is 4.79 Å². The van der Waals surface area contributed by atoms with Gasteiger partial charge in [0.1, 0.15) is 0 Å². The Morgan fingerprint density at radius 1 is 1.29 bits per heavy atom. The predicted octanol–water partition coefficient (Wildman–Crippen LogP) is 3.58. The Kier molecular flexibility index (Phi) is 10.9. The number of hydrogen-bond acceptors (Lipinski definition) is 3. The molecule has 8 heteroatoms. The molecule has 0 aliphatic rings. The maximum atomic E-state index is 12.1. The van der Waals surface area contributed by atoms with Crippen LogP contribution in [0.3, 0.4) is 0 Å². The number of guanidine groups is 1. The zero-order chi connectivity index (χ0) is 17.5. The Balaban J connectivity index is 0.00000529. The number of carbonyl (C=O) groups is 1. The van der Waals surface area contributed by atoms with Gasteiger partial charge in [-0.15, -0.1) is 35.3 Å². The Morgan fingerprint density at radius 2 is 1.92 bits per heavy atom. The highest BCUT2D eigenvalue weighted by atomic mass is 127. The Morgan fingerprint density at radius 3 is 2.42 bits per heavy atom. The van der Waals surface area contributed by atoms with Gasteiger partial charge >= 0.3 is 0 Å². The molecule has 1 amide bonds. The van der Waals surface area contributed by atoms with Gasteiger partial charge in [-0.1, -0.05) is 11.6 Å². The Hall–Kier alpha value is -0.540. The van der Waals surface area contributed by atoms with Gasteiger partial charge in [-0.3, -0.25) is 9.79 Å². The van der Waals surface area contributed by atoms with Gasteiger partial charge in [-0.25, -0.2) is 0 Å². The average Bonchev–Trinajstić information content (AvgIpc) is 2.88. The summed E-state index contributed by atoms with van der Waals surface area (Å²) >= 11 is 7.54. The van der Waals surface area contributed by atoms with E-state index in [1.165, 1.54) is 4.88 Å². The largest absolute Gasteiger partial charge is 0.357 e. The van der Waals surface area contributed by atoms with Crippen LogP contribution in [0.25, 0.3) is 0 Å². The van der Waals surface area contributed by atoms with Crippen LogP contribution in [-0.2, 0) is 11.3 Å². The van der Waals surface area contributed by atoms with E-state index in [0.717, 1.165) is 23.4 Å². The van der Waals surface area contributed by atoms with Gasteiger partial charge in [0.15, 0.2) is 5.96 Å². The zero-order valence-electron chi connectivity index (χ0n) is 15.0. The molecule has 0 saturated heterocycles. The van der Waals surface area contributed by atoms with Crippen LogP contribution in [0.5, 0.6) is 0 Å². The fraction of sp³-hybridized carbons (Fsp3) is 0.625. The minimum atomic E-state index is -0.538. The molecule has 0 aliphatic carbocycles. The van der Waals surface area contributed by atoms with Crippen molar-refractivity contribution in [2.45, 2.75) is 34.2 Å². The first kappa shape index (κ1) is 23.5. The number of rotatable bonds is 7. The molecule has 0 bridgehead atoms. The molecule has 0 aromatic carbocycles. The molecule has 138 valence electrons. The lowest BCUT2D eigenvalue weighted by molar-refractivity contribution is -0.128. The van der Waals surface area contributed by atoms with Gasteiger partial charge in [0.05, 0.1) is 22.8 Å². The number of aliphatic imine (C=N–C) groups is 1. The number of hydrogen-bond donors (Lipinski definition) is 2. The van der Waals surface area contributed by atoms with Crippen molar-refractivity contribution in [1.29, 1.82) is 0 Å². The number of nitrogens with one attached hydrogen (secondary N) is 2. The molecule has 0 fully saturated rings. The highest BCUT2D eigenvalue weighted by Crippen LogP contribution is 2.22. The van der Waals surface area contributed by atoms with Crippen molar-refractivity contribution in [1.82, 2.24) is 15.5 Å². The first-order chi connectivity index (χ1) is 10.8. The van der Waals surface area contributed by atoms with Crippen molar-refractivity contribution in [3.8, 4) is 0 Å². The zero-order valence-corrected chi connectivity index (χ0v) is 18.9. The Labute approximate surface area is 171 Å². The van der Waals surface area contributed by atoms with Gasteiger partial charge in [0.2, 0.25) is 5.91 Å². The summed E-state index contributed by atoms with van der Waals surface area (Å²) in [6, 6.07) is 3.92. The predicted molar refractivity (Wildman–Crippen MR) is 115 cm³/mol. The second-order valence-electron chi connectivity index (χ2n) is 5.98. The summed E-state index contributed by atoms with van der Waals surface area (Å²) in [5.74, 6) is 0.807. The summed E-state index contributed by atoms with van der Waals surface area (Å²) in [6.45, 7) is 10.3. The molecule has 0 spiro atoms. The first-order valence-corrected chi connectivity index (χ1v) is 9.01. The normalized spacial score (nSPS) is 11.7. The summed E-state index contributed by atoms with van der Waals surface area (Å²) in [5.41, 5.74) is -0.538. The van der Waals surface area contributed by atoms with Crippen LogP contribution >= 0.6 is 46.9 Å². The number of carbonyl (C=O) groups excluding carboxylic acids is 1. The smallest absolute Gasteiger partial charge is 0.227 e. The average molecular weight is 487 g/mol. The molecule has 1 aromatic heterocycles. The van der Waals surface area contributed by atoms with Crippen LogP contribution in [-0.4, -0.2) is 43.4 Å². The van der Waals surface area contributed by atoms with E-state index in [9.17, 15) is 4.79 Å². The maximum absolute atomic E-state index is 12.1. The van der Waals surface area contributed by atoms with Crippen molar-refractivity contribution in [2.75, 3.05) is 26.7 Å². The van der Waals surface area contributed by atoms with Gasteiger partial charge in [-0.05, 0) is 39.8 Å². The molecule has 24 heavy (non-hydrogen) atoms. The number of thiophene rings is 1. The van der Waals surface area contributed by atoms with E-state index in [-0.39, 0.29) is 29.9 Å². The van der Waals surface area contributed by atoms with Crippen molar-refractivity contribution in [2.24, 2.45) is 10.4 Å². The molecule has 0 atom stereocenters. The molecular formula is C16H28ClIN4OS. The highest BCUT2D eigenvalue weighted by molar-refractivity contribution is 14.0. The molecule has 0 unspecified atom stereocenters. The summed E-state index contributed by atoms with van der Waals surface area (Å²) in [5, 5.41) is 6.13. The van der Waals surface area contributed by atoms with E-state index < -0.39 is 5.41 Å². The molecular weight excluding hydrogens is 459 g/mol. The molecule has 1 aromatic rings. The first-order valence-electron chi connectivity index (χ1n) is 7.82. The molecule has 0 radical (unpaired) electrons. The summed E-state index contributed by atoms with van der Waals surface area (Å²) in [6.07, 6.45) is 0. The van der Waals surface area contributed by atoms with Crippen LogP contribution in [0.15, 0.2) is 17.1 Å². The fourth-order valence-corrected chi connectivity index (χ4v) is 3.10. The summed E-state index contributed by atoms with van der Waals surface area (Å²) in [4.78, 5) is 19.9.